The third kappa shape index (κ3) is 2.19. The highest BCUT2D eigenvalue weighted by Crippen LogP contribution is 2.38. The van der Waals surface area contributed by atoms with Crippen LogP contribution in [0.25, 0.3) is 10.2 Å². The van der Waals surface area contributed by atoms with Crippen LogP contribution in [-0.2, 0) is 0 Å². The van der Waals surface area contributed by atoms with Gasteiger partial charge in [-0.1, -0.05) is 23.9 Å². The van der Waals surface area contributed by atoms with Crippen LogP contribution in [-0.4, -0.2) is 9.97 Å². The van der Waals surface area contributed by atoms with Crippen molar-refractivity contribution in [2.45, 2.75) is 23.8 Å². The number of aryl methyl sites for hydroxylation is 2. The first-order chi connectivity index (χ1) is 9.16. The molecule has 0 bridgehead atoms. The number of thiophene rings is 1. The molecule has 19 heavy (non-hydrogen) atoms. The predicted molar refractivity (Wildman–Crippen MR) is 81.9 cm³/mol. The van der Waals surface area contributed by atoms with Gasteiger partial charge in [0.15, 0.2) is 0 Å². The van der Waals surface area contributed by atoms with Crippen molar-refractivity contribution in [3.05, 3.63) is 41.0 Å². The lowest BCUT2D eigenvalue weighted by molar-refractivity contribution is 1.10. The number of fused-ring (bicyclic) bond motifs is 1. The fourth-order valence-electron chi connectivity index (χ4n) is 1.91. The number of nitrogens with two attached hydrogens (primary N) is 1. The van der Waals surface area contributed by atoms with E-state index in [1.807, 2.05) is 24.3 Å². The molecule has 0 spiro atoms. The molecule has 3 aromatic rings. The van der Waals surface area contributed by atoms with Gasteiger partial charge in [-0.2, -0.15) is 0 Å². The zero-order valence-corrected chi connectivity index (χ0v) is 12.3. The quantitative estimate of drug-likeness (QED) is 0.571. The summed E-state index contributed by atoms with van der Waals surface area (Å²) in [5.41, 5.74) is 8.04. The van der Waals surface area contributed by atoms with Gasteiger partial charge in [-0.25, -0.2) is 9.97 Å². The number of rotatable bonds is 2. The molecular weight excluding hydrogens is 274 g/mol. The van der Waals surface area contributed by atoms with Gasteiger partial charge in [0.25, 0.3) is 0 Å². The van der Waals surface area contributed by atoms with Crippen LogP contribution in [0.5, 0.6) is 0 Å². The van der Waals surface area contributed by atoms with Crippen LogP contribution in [0.4, 0.5) is 5.69 Å². The molecule has 0 saturated carbocycles. The Labute approximate surface area is 119 Å². The Morgan fingerprint density at radius 2 is 1.95 bits per heavy atom. The van der Waals surface area contributed by atoms with E-state index >= 15 is 0 Å². The summed E-state index contributed by atoms with van der Waals surface area (Å²) in [4.78, 5) is 12.1. The number of aromatic nitrogens is 2. The first-order valence-corrected chi connectivity index (χ1v) is 7.53. The van der Waals surface area contributed by atoms with Gasteiger partial charge < -0.3 is 5.73 Å². The molecule has 1 aromatic carbocycles. The van der Waals surface area contributed by atoms with Crippen molar-refractivity contribution in [1.29, 1.82) is 0 Å². The minimum atomic E-state index is 0.781. The van der Waals surface area contributed by atoms with Crippen LogP contribution in [0.3, 0.4) is 0 Å². The molecule has 2 heterocycles. The molecule has 0 radical (unpaired) electrons. The molecule has 2 N–H and O–H groups in total. The van der Waals surface area contributed by atoms with Crippen molar-refractivity contribution in [3.63, 3.8) is 0 Å². The van der Waals surface area contributed by atoms with E-state index in [1.54, 1.807) is 29.4 Å². The summed E-state index contributed by atoms with van der Waals surface area (Å²) in [6, 6.07) is 7.85. The van der Waals surface area contributed by atoms with E-state index < -0.39 is 0 Å². The smallest absolute Gasteiger partial charge is 0.128 e. The van der Waals surface area contributed by atoms with Crippen molar-refractivity contribution in [3.8, 4) is 0 Å². The van der Waals surface area contributed by atoms with E-state index in [9.17, 15) is 0 Å². The number of hydrogen-bond donors (Lipinski definition) is 1. The summed E-state index contributed by atoms with van der Waals surface area (Å²) >= 11 is 3.31. The van der Waals surface area contributed by atoms with Gasteiger partial charge in [-0.05, 0) is 31.5 Å². The largest absolute Gasteiger partial charge is 0.398 e. The topological polar surface area (TPSA) is 51.8 Å². The molecule has 3 nitrogen and oxygen atoms in total. The summed E-state index contributed by atoms with van der Waals surface area (Å²) < 4.78 is 0. The minimum absolute atomic E-state index is 0.781. The molecule has 0 amide bonds. The number of anilines is 1. The summed E-state index contributed by atoms with van der Waals surface area (Å²) in [6.45, 7) is 4.24. The maximum atomic E-state index is 5.99. The Bertz CT molecular complexity index is 750. The standard InChI is InChI=1S/C14H13N3S2/c1-8-9(2)18-13-12(8)14(17-7-16-13)19-11-6-4-3-5-10(11)15/h3-7H,15H2,1-2H3. The second-order valence-corrected chi connectivity index (χ2v) is 6.52. The number of nitrogens with zero attached hydrogens (tertiary/aromatic N) is 2. The molecule has 0 saturated heterocycles. The molecule has 0 fully saturated rings. The van der Waals surface area contributed by atoms with Gasteiger partial charge in [-0.3, -0.25) is 0 Å². The monoisotopic (exact) mass is 287 g/mol. The Kier molecular flexibility index (Phi) is 3.16. The molecule has 0 aliphatic rings. The third-order valence-electron chi connectivity index (χ3n) is 3.06. The van der Waals surface area contributed by atoms with E-state index in [4.69, 9.17) is 5.73 Å². The molecule has 5 heteroatoms. The van der Waals surface area contributed by atoms with Gasteiger partial charge in [-0.15, -0.1) is 11.3 Å². The van der Waals surface area contributed by atoms with Crippen molar-refractivity contribution in [1.82, 2.24) is 9.97 Å². The Hall–Kier alpha value is -1.59. The van der Waals surface area contributed by atoms with Gasteiger partial charge in [0.2, 0.25) is 0 Å². The maximum Gasteiger partial charge on any atom is 0.128 e. The van der Waals surface area contributed by atoms with E-state index in [-0.39, 0.29) is 0 Å². The molecule has 96 valence electrons. The normalized spacial score (nSPS) is 11.1. The van der Waals surface area contributed by atoms with Crippen LogP contribution in [0.15, 0.2) is 40.5 Å². The summed E-state index contributed by atoms with van der Waals surface area (Å²) in [7, 11) is 0. The maximum absolute atomic E-state index is 5.99. The number of benzene rings is 1. The third-order valence-corrected chi connectivity index (χ3v) is 5.27. The van der Waals surface area contributed by atoms with Crippen molar-refractivity contribution in [2.75, 3.05) is 5.73 Å². The Morgan fingerprint density at radius 3 is 2.74 bits per heavy atom. The van der Waals surface area contributed by atoms with Crippen LogP contribution in [0.2, 0.25) is 0 Å². The minimum Gasteiger partial charge on any atom is -0.398 e. The van der Waals surface area contributed by atoms with E-state index in [1.165, 1.54) is 10.4 Å². The highest BCUT2D eigenvalue weighted by molar-refractivity contribution is 7.99. The SMILES string of the molecule is Cc1sc2ncnc(Sc3ccccc3N)c2c1C. The summed E-state index contributed by atoms with van der Waals surface area (Å²) in [5.74, 6) is 0. The van der Waals surface area contributed by atoms with Crippen LogP contribution < -0.4 is 5.73 Å². The summed E-state index contributed by atoms with van der Waals surface area (Å²) in [5, 5.41) is 2.13. The van der Waals surface area contributed by atoms with Crippen LogP contribution in [0.1, 0.15) is 10.4 Å². The molecule has 0 unspecified atom stereocenters. The number of nitrogen functional groups attached to an aromatic ring is 1. The van der Waals surface area contributed by atoms with Crippen molar-refractivity contribution in [2.24, 2.45) is 0 Å². The first-order valence-electron chi connectivity index (χ1n) is 5.90. The second-order valence-electron chi connectivity index (χ2n) is 4.28. The molecule has 2 aromatic heterocycles. The average Bonchev–Trinajstić information content (AvgIpc) is 2.69. The first kappa shape index (κ1) is 12.4. The van der Waals surface area contributed by atoms with Crippen molar-refractivity contribution < 1.29 is 0 Å². The molecule has 0 atom stereocenters. The fourth-order valence-corrected chi connectivity index (χ4v) is 3.96. The Balaban J connectivity index is 2.13. The molecule has 0 aliphatic heterocycles. The molecule has 0 aliphatic carbocycles. The zero-order chi connectivity index (χ0) is 13.4. The molecule has 3 rings (SSSR count). The second kappa shape index (κ2) is 4.83. The molecular formula is C14H13N3S2. The highest BCUT2D eigenvalue weighted by Gasteiger charge is 2.13. The highest BCUT2D eigenvalue weighted by atomic mass is 32.2. The zero-order valence-electron chi connectivity index (χ0n) is 10.7. The lowest BCUT2D eigenvalue weighted by Gasteiger charge is -2.05. The van der Waals surface area contributed by atoms with Gasteiger partial charge in [0, 0.05) is 20.8 Å². The van der Waals surface area contributed by atoms with Gasteiger partial charge in [0.1, 0.15) is 16.2 Å². The number of para-hydroxylation sites is 1. The van der Waals surface area contributed by atoms with Gasteiger partial charge in [0.05, 0.1) is 0 Å². The Morgan fingerprint density at radius 1 is 1.16 bits per heavy atom. The van der Waals surface area contributed by atoms with E-state index in [0.29, 0.717) is 0 Å². The van der Waals surface area contributed by atoms with Crippen LogP contribution >= 0.6 is 23.1 Å². The van der Waals surface area contributed by atoms with Gasteiger partial charge >= 0.3 is 0 Å². The fraction of sp³-hybridized carbons (Fsp3) is 0.143. The lowest BCUT2D eigenvalue weighted by atomic mass is 10.2. The predicted octanol–water partition coefficient (Wildman–Crippen LogP) is 4.04. The number of hydrogen-bond acceptors (Lipinski definition) is 5. The summed E-state index contributed by atoms with van der Waals surface area (Å²) in [6.07, 6.45) is 1.62. The van der Waals surface area contributed by atoms with E-state index in [2.05, 4.69) is 23.8 Å². The van der Waals surface area contributed by atoms with E-state index in [0.717, 1.165) is 25.8 Å². The van der Waals surface area contributed by atoms with Crippen molar-refractivity contribution >= 4 is 39.0 Å². The van der Waals surface area contributed by atoms with Crippen LogP contribution in [0, 0.1) is 13.8 Å². The lowest BCUT2D eigenvalue weighted by Crippen LogP contribution is -1.89. The average molecular weight is 287 g/mol.